The minimum absolute atomic E-state index is 0.129. The summed E-state index contributed by atoms with van der Waals surface area (Å²) >= 11 is 4.15. The molecule has 11 heteroatoms. The van der Waals surface area contributed by atoms with Gasteiger partial charge >= 0.3 is 0 Å². The van der Waals surface area contributed by atoms with Crippen LogP contribution >= 0.6 is 11.6 Å². The number of hydrogen-bond acceptors (Lipinski definition) is 7. The third-order valence-corrected chi connectivity index (χ3v) is 10.1. The van der Waals surface area contributed by atoms with Gasteiger partial charge in [0, 0.05) is 60.2 Å². The van der Waals surface area contributed by atoms with E-state index in [0.29, 0.717) is 35.5 Å². The van der Waals surface area contributed by atoms with Gasteiger partial charge in [-0.1, -0.05) is 47.3 Å². The highest BCUT2D eigenvalue weighted by atomic mass is 35.5. The van der Waals surface area contributed by atoms with Gasteiger partial charge in [0.1, 0.15) is 5.82 Å². The number of nitrogens with zero attached hydrogens (tertiary/aromatic N) is 1. The van der Waals surface area contributed by atoms with Crippen molar-refractivity contribution in [1.29, 1.82) is 0 Å². The van der Waals surface area contributed by atoms with Crippen LogP contribution in [0.2, 0.25) is 5.02 Å². The first-order chi connectivity index (χ1) is 20.7. The molecule has 238 valence electrons. The number of amides is 1. The topological polar surface area (TPSA) is 120 Å². The molecular weight excluding hydrogens is 591 g/mol. The highest BCUT2D eigenvalue weighted by Crippen LogP contribution is 2.39. The number of methoxy groups -OCH3 is 1. The van der Waals surface area contributed by atoms with Crippen LogP contribution in [0.25, 0.3) is 0 Å². The molecule has 1 aliphatic heterocycles. The van der Waals surface area contributed by atoms with Crippen molar-refractivity contribution in [3.8, 4) is 0 Å². The van der Waals surface area contributed by atoms with E-state index in [4.69, 9.17) is 22.1 Å². The number of rotatable bonds is 13. The zero-order chi connectivity index (χ0) is 30.9. The van der Waals surface area contributed by atoms with Gasteiger partial charge < -0.3 is 30.6 Å². The van der Waals surface area contributed by atoms with Crippen molar-refractivity contribution in [2.75, 3.05) is 38.3 Å². The lowest BCUT2D eigenvalue weighted by atomic mass is 9.72. The molecule has 2 aliphatic rings. The van der Waals surface area contributed by atoms with Gasteiger partial charge in [-0.05, 0) is 87.7 Å². The third kappa shape index (κ3) is 9.53. The number of carbonyl (C=O) groups is 1. The average Bonchev–Trinajstić information content (AvgIpc) is 2.99. The molecule has 2 fully saturated rings. The first kappa shape index (κ1) is 34.0. The lowest BCUT2D eigenvalue weighted by Gasteiger charge is -2.38. The molecule has 1 saturated heterocycles. The summed E-state index contributed by atoms with van der Waals surface area (Å²) < 4.78 is 42.5. The number of carbonyl (C=O) groups excluding carboxylic acids is 1. The number of hydrogen-bond donors (Lipinski definition) is 3. The zero-order valence-electron chi connectivity index (χ0n) is 25.1. The standard InChI is InChI=1S/C32H46ClFN4O4S/c1-38-20-24(36-19-25(38)7-5-17-43(40)41)15-16-27-28(34)9-4-10-29(27)37-32(39)31(35)30(21-11-13-23(33)14-12-21)22-6-3-8-26(18-22)42-2/h4,9-14,22,24-26,30-31,36H,3,5-8,15-20,35H2,1-2H3,(H,37,39)(H,40,41)/p-1/t22?,24-,25?,26?,30-,31-/m0/s1. The van der Waals surface area contributed by atoms with E-state index in [1.165, 1.54) is 6.07 Å². The van der Waals surface area contributed by atoms with E-state index < -0.39 is 17.1 Å². The maximum Gasteiger partial charge on any atom is 0.241 e. The van der Waals surface area contributed by atoms with E-state index in [-0.39, 0.29) is 47.5 Å². The summed E-state index contributed by atoms with van der Waals surface area (Å²) in [7, 11) is 3.77. The van der Waals surface area contributed by atoms with Gasteiger partial charge in [-0.15, -0.1) is 0 Å². The number of ether oxygens (including phenoxy) is 1. The van der Waals surface area contributed by atoms with E-state index in [1.807, 2.05) is 31.3 Å². The Kier molecular flexibility index (Phi) is 13.0. The maximum absolute atomic E-state index is 15.1. The molecule has 2 aromatic rings. The summed E-state index contributed by atoms with van der Waals surface area (Å²) in [5.41, 5.74) is 8.60. The summed E-state index contributed by atoms with van der Waals surface area (Å²) in [6.45, 7) is 1.53. The largest absolute Gasteiger partial charge is 0.772 e. The molecule has 0 bridgehead atoms. The van der Waals surface area contributed by atoms with Crippen LogP contribution in [0.1, 0.15) is 62.0 Å². The summed E-state index contributed by atoms with van der Waals surface area (Å²) in [6, 6.07) is 11.9. The molecule has 4 rings (SSSR count). The molecule has 0 spiro atoms. The summed E-state index contributed by atoms with van der Waals surface area (Å²) in [6.07, 6.45) is 6.45. The fourth-order valence-corrected chi connectivity index (χ4v) is 7.31. The van der Waals surface area contributed by atoms with Crippen molar-refractivity contribution in [3.63, 3.8) is 0 Å². The van der Waals surface area contributed by atoms with E-state index in [2.05, 4.69) is 15.5 Å². The molecule has 0 radical (unpaired) electrons. The summed E-state index contributed by atoms with van der Waals surface area (Å²) in [4.78, 5) is 15.9. The minimum atomic E-state index is -2.01. The third-order valence-electron chi connectivity index (χ3n) is 9.19. The van der Waals surface area contributed by atoms with Gasteiger partial charge in [-0.25, -0.2) is 4.39 Å². The highest BCUT2D eigenvalue weighted by Gasteiger charge is 2.36. The number of nitrogens with one attached hydrogen (secondary N) is 2. The molecule has 43 heavy (non-hydrogen) atoms. The number of benzene rings is 2. The predicted molar refractivity (Wildman–Crippen MR) is 170 cm³/mol. The average molecular weight is 636 g/mol. The SMILES string of the molecule is COC1CCCC([C@H](c2ccc(Cl)cc2)[C@H](N)C(=O)Nc2cccc(F)c2CC[C@H]2CN(C)C(CCCS(=O)[O-])CN2)C1. The fourth-order valence-electron chi connectivity index (χ4n) is 6.78. The highest BCUT2D eigenvalue weighted by molar-refractivity contribution is 7.79. The van der Waals surface area contributed by atoms with Gasteiger partial charge in [-0.3, -0.25) is 9.00 Å². The van der Waals surface area contributed by atoms with Gasteiger partial charge in [0.25, 0.3) is 0 Å². The Hall–Kier alpha value is -1.92. The quantitative estimate of drug-likeness (QED) is 0.275. The second-order valence-corrected chi connectivity index (χ2v) is 13.5. The molecule has 1 amide bonds. The molecule has 0 aromatic heterocycles. The second-order valence-electron chi connectivity index (χ2n) is 12.0. The van der Waals surface area contributed by atoms with Crippen LogP contribution in [-0.2, 0) is 27.0 Å². The molecule has 8 nitrogen and oxygen atoms in total. The molecule has 2 aromatic carbocycles. The summed E-state index contributed by atoms with van der Waals surface area (Å²) in [5, 5.41) is 7.13. The van der Waals surface area contributed by atoms with Crippen LogP contribution in [0.15, 0.2) is 42.5 Å². The Bertz CT molecular complexity index is 1220. The Labute approximate surface area is 262 Å². The monoisotopic (exact) mass is 635 g/mol. The lowest BCUT2D eigenvalue weighted by Crippen LogP contribution is -2.55. The number of piperazine rings is 1. The van der Waals surface area contributed by atoms with Gasteiger partial charge in [0.05, 0.1) is 12.1 Å². The van der Waals surface area contributed by atoms with E-state index >= 15 is 4.39 Å². The molecule has 1 heterocycles. The van der Waals surface area contributed by atoms with Crippen LogP contribution < -0.4 is 16.4 Å². The molecule has 1 saturated carbocycles. The number of halogens is 2. The first-order valence-electron chi connectivity index (χ1n) is 15.3. The number of nitrogens with two attached hydrogens (primary N) is 1. The van der Waals surface area contributed by atoms with Crippen molar-refractivity contribution in [1.82, 2.24) is 10.2 Å². The smallest absolute Gasteiger partial charge is 0.241 e. The van der Waals surface area contributed by atoms with E-state index in [9.17, 15) is 13.6 Å². The van der Waals surface area contributed by atoms with Crippen molar-refractivity contribution < 1.29 is 22.7 Å². The van der Waals surface area contributed by atoms with E-state index in [1.54, 1.807) is 19.2 Å². The van der Waals surface area contributed by atoms with Crippen molar-refractivity contribution in [3.05, 3.63) is 64.4 Å². The van der Waals surface area contributed by atoms with Crippen LogP contribution in [0.4, 0.5) is 10.1 Å². The zero-order valence-corrected chi connectivity index (χ0v) is 26.7. The van der Waals surface area contributed by atoms with Crippen molar-refractivity contribution in [2.45, 2.75) is 81.5 Å². The van der Waals surface area contributed by atoms with Gasteiger partial charge in [0.2, 0.25) is 5.91 Å². The Morgan fingerprint density at radius 1 is 1.26 bits per heavy atom. The second kappa shape index (κ2) is 16.4. The maximum atomic E-state index is 15.1. The summed E-state index contributed by atoms with van der Waals surface area (Å²) in [5.74, 6) is -0.607. The minimum Gasteiger partial charge on any atom is -0.772 e. The van der Waals surface area contributed by atoms with Crippen molar-refractivity contribution in [2.24, 2.45) is 11.7 Å². The van der Waals surface area contributed by atoms with Crippen LogP contribution in [0, 0.1) is 11.7 Å². The van der Waals surface area contributed by atoms with Crippen LogP contribution in [0.5, 0.6) is 0 Å². The molecule has 4 unspecified atom stereocenters. The number of anilines is 1. The predicted octanol–water partition coefficient (Wildman–Crippen LogP) is 4.60. The van der Waals surface area contributed by atoms with Crippen LogP contribution in [0.3, 0.4) is 0 Å². The van der Waals surface area contributed by atoms with Crippen LogP contribution in [-0.4, -0.2) is 76.8 Å². The normalized spacial score (nSPS) is 25.2. The Balaban J connectivity index is 1.42. The van der Waals surface area contributed by atoms with Gasteiger partial charge in [-0.2, -0.15) is 0 Å². The number of likely N-dealkylation sites (N-methyl/N-ethyl adjacent to an activating group) is 1. The lowest BCUT2D eigenvalue weighted by molar-refractivity contribution is -0.118. The molecular formula is C32H45ClFN4O4S-. The Morgan fingerprint density at radius 2 is 2.02 bits per heavy atom. The fraction of sp³-hybridized carbons (Fsp3) is 0.594. The molecule has 4 N–H and O–H groups in total. The first-order valence-corrected chi connectivity index (χ1v) is 16.9. The Morgan fingerprint density at radius 3 is 2.72 bits per heavy atom. The van der Waals surface area contributed by atoms with Crippen molar-refractivity contribution >= 4 is 34.3 Å². The molecule has 7 atom stereocenters. The van der Waals surface area contributed by atoms with E-state index in [0.717, 1.165) is 50.8 Å². The molecule has 1 aliphatic carbocycles. The van der Waals surface area contributed by atoms with Gasteiger partial charge in [0.15, 0.2) is 0 Å².